The summed E-state index contributed by atoms with van der Waals surface area (Å²) in [6.07, 6.45) is 10.2. The van der Waals surface area contributed by atoms with Gasteiger partial charge in [-0.05, 0) is 30.2 Å². The fourth-order valence-corrected chi connectivity index (χ4v) is 2.31. The summed E-state index contributed by atoms with van der Waals surface area (Å²) in [6, 6.07) is 6.63. The highest BCUT2D eigenvalue weighted by atomic mass is 16.5. The maximum atomic E-state index is 12.1. The standard InChI is InChI=1S/C19H29NO3/c1-3-4-5-6-7-8-9-14-20-19(22)18(23-2)15-16-10-12-17(21)13-11-16/h10-13,15,21H,3-9,14H2,1-2H3,(H,20,22)/b18-15-. The second-order valence-corrected chi connectivity index (χ2v) is 5.68. The van der Waals surface area contributed by atoms with Crippen LogP contribution in [-0.2, 0) is 9.53 Å². The van der Waals surface area contributed by atoms with Crippen LogP contribution in [0.1, 0.15) is 57.4 Å². The molecule has 0 bridgehead atoms. The van der Waals surface area contributed by atoms with E-state index in [4.69, 9.17) is 4.74 Å². The summed E-state index contributed by atoms with van der Waals surface area (Å²) in [5.41, 5.74) is 0.811. The van der Waals surface area contributed by atoms with Gasteiger partial charge in [0.15, 0.2) is 5.76 Å². The molecule has 0 saturated carbocycles. The molecule has 0 fully saturated rings. The van der Waals surface area contributed by atoms with E-state index in [2.05, 4.69) is 12.2 Å². The molecule has 0 aromatic heterocycles. The highest BCUT2D eigenvalue weighted by Gasteiger charge is 2.09. The quantitative estimate of drug-likeness (QED) is 0.364. The predicted octanol–water partition coefficient (Wildman–Crippen LogP) is 4.25. The minimum absolute atomic E-state index is 0.199. The van der Waals surface area contributed by atoms with Gasteiger partial charge in [-0.1, -0.05) is 57.6 Å². The van der Waals surface area contributed by atoms with Crippen LogP contribution in [0.25, 0.3) is 6.08 Å². The Morgan fingerprint density at radius 3 is 2.30 bits per heavy atom. The Kier molecular flexibility index (Phi) is 9.60. The lowest BCUT2D eigenvalue weighted by molar-refractivity contribution is -0.120. The number of ether oxygens (including phenoxy) is 1. The van der Waals surface area contributed by atoms with Crippen molar-refractivity contribution < 1.29 is 14.6 Å². The molecule has 1 aromatic carbocycles. The van der Waals surface area contributed by atoms with Gasteiger partial charge < -0.3 is 15.2 Å². The molecular formula is C19H29NO3. The SMILES string of the molecule is CCCCCCCCCNC(=O)/C(=C/c1ccc(O)cc1)OC. The number of methoxy groups -OCH3 is 1. The van der Waals surface area contributed by atoms with Crippen LogP contribution in [0.15, 0.2) is 30.0 Å². The Balaban J connectivity index is 2.30. The van der Waals surface area contributed by atoms with Gasteiger partial charge in [-0.15, -0.1) is 0 Å². The molecule has 0 atom stereocenters. The second kappa shape index (κ2) is 11.6. The zero-order valence-corrected chi connectivity index (χ0v) is 14.3. The number of hydrogen-bond acceptors (Lipinski definition) is 3. The lowest BCUT2D eigenvalue weighted by Crippen LogP contribution is -2.26. The summed E-state index contributed by atoms with van der Waals surface area (Å²) >= 11 is 0. The van der Waals surface area contributed by atoms with Crippen molar-refractivity contribution in [1.29, 1.82) is 0 Å². The zero-order valence-electron chi connectivity index (χ0n) is 14.3. The number of rotatable bonds is 11. The van der Waals surface area contributed by atoms with Gasteiger partial charge in [0.05, 0.1) is 7.11 Å². The summed E-state index contributed by atoms with van der Waals surface area (Å²) in [6.45, 7) is 2.89. The van der Waals surface area contributed by atoms with Crippen LogP contribution in [0.2, 0.25) is 0 Å². The molecule has 4 nitrogen and oxygen atoms in total. The van der Waals surface area contributed by atoms with Crippen molar-refractivity contribution in [2.45, 2.75) is 51.9 Å². The summed E-state index contributed by atoms with van der Waals surface area (Å²) in [5.74, 6) is 0.273. The Labute approximate surface area is 139 Å². The fourth-order valence-electron chi connectivity index (χ4n) is 2.31. The van der Waals surface area contributed by atoms with Crippen LogP contribution in [0.3, 0.4) is 0 Å². The predicted molar refractivity (Wildman–Crippen MR) is 94.1 cm³/mol. The van der Waals surface area contributed by atoms with Gasteiger partial charge >= 0.3 is 0 Å². The molecule has 0 spiro atoms. The fraction of sp³-hybridized carbons (Fsp3) is 0.526. The van der Waals surface area contributed by atoms with Gasteiger partial charge in [0, 0.05) is 6.54 Å². The number of aromatic hydroxyl groups is 1. The third-order valence-electron chi connectivity index (χ3n) is 3.70. The first-order valence-electron chi connectivity index (χ1n) is 8.50. The molecule has 1 aromatic rings. The number of nitrogens with one attached hydrogen (secondary N) is 1. The number of carbonyl (C=O) groups is 1. The first-order chi connectivity index (χ1) is 11.2. The van der Waals surface area contributed by atoms with E-state index in [1.807, 2.05) is 0 Å². The molecule has 23 heavy (non-hydrogen) atoms. The minimum atomic E-state index is -0.202. The first-order valence-corrected chi connectivity index (χ1v) is 8.50. The second-order valence-electron chi connectivity index (χ2n) is 5.68. The van der Waals surface area contributed by atoms with Gasteiger partial charge in [-0.2, -0.15) is 0 Å². The van der Waals surface area contributed by atoms with E-state index in [1.165, 1.54) is 39.2 Å². The molecule has 0 aliphatic heterocycles. The van der Waals surface area contributed by atoms with Crippen LogP contribution in [0.4, 0.5) is 0 Å². The number of carbonyl (C=O) groups excluding carboxylic acids is 1. The van der Waals surface area contributed by atoms with E-state index in [0.29, 0.717) is 6.54 Å². The highest BCUT2D eigenvalue weighted by Crippen LogP contribution is 2.13. The molecule has 1 amide bonds. The lowest BCUT2D eigenvalue weighted by Gasteiger charge is -2.08. The van der Waals surface area contributed by atoms with E-state index >= 15 is 0 Å². The van der Waals surface area contributed by atoms with Crippen LogP contribution < -0.4 is 5.32 Å². The van der Waals surface area contributed by atoms with E-state index in [-0.39, 0.29) is 17.4 Å². The molecular weight excluding hydrogens is 290 g/mol. The normalized spacial score (nSPS) is 11.3. The Hall–Kier alpha value is -1.97. The first kappa shape index (κ1) is 19.1. The van der Waals surface area contributed by atoms with Crippen molar-refractivity contribution in [2.24, 2.45) is 0 Å². The average Bonchev–Trinajstić information content (AvgIpc) is 2.56. The highest BCUT2D eigenvalue weighted by molar-refractivity contribution is 5.95. The third-order valence-corrected chi connectivity index (χ3v) is 3.70. The Bertz CT molecular complexity index is 480. The number of phenolic OH excluding ortho intramolecular Hbond substituents is 1. The van der Waals surface area contributed by atoms with Crippen LogP contribution >= 0.6 is 0 Å². The van der Waals surface area contributed by atoms with Crippen LogP contribution in [-0.4, -0.2) is 24.7 Å². The van der Waals surface area contributed by atoms with E-state index < -0.39 is 0 Å². The maximum absolute atomic E-state index is 12.1. The summed E-state index contributed by atoms with van der Waals surface area (Å²) in [5, 5.41) is 12.1. The molecule has 2 N–H and O–H groups in total. The number of benzene rings is 1. The van der Waals surface area contributed by atoms with Gasteiger partial charge in [0.1, 0.15) is 5.75 Å². The average molecular weight is 319 g/mol. The van der Waals surface area contributed by atoms with Gasteiger partial charge in [-0.3, -0.25) is 4.79 Å². The number of amides is 1. The lowest BCUT2D eigenvalue weighted by atomic mass is 10.1. The van der Waals surface area contributed by atoms with Crippen molar-refractivity contribution in [3.8, 4) is 5.75 Å². The van der Waals surface area contributed by atoms with E-state index in [1.54, 1.807) is 30.3 Å². The number of unbranched alkanes of at least 4 members (excludes halogenated alkanes) is 6. The minimum Gasteiger partial charge on any atom is -0.508 e. The van der Waals surface area contributed by atoms with Crippen molar-refractivity contribution in [1.82, 2.24) is 5.32 Å². The molecule has 0 aliphatic carbocycles. The molecule has 1 rings (SSSR count). The Morgan fingerprint density at radius 1 is 1.09 bits per heavy atom. The van der Waals surface area contributed by atoms with E-state index in [0.717, 1.165) is 18.4 Å². The van der Waals surface area contributed by atoms with Crippen molar-refractivity contribution >= 4 is 12.0 Å². The molecule has 0 aliphatic rings. The molecule has 0 saturated heterocycles. The van der Waals surface area contributed by atoms with Crippen molar-refractivity contribution in [2.75, 3.05) is 13.7 Å². The van der Waals surface area contributed by atoms with Gasteiger partial charge in [-0.25, -0.2) is 0 Å². The van der Waals surface area contributed by atoms with Crippen LogP contribution in [0.5, 0.6) is 5.75 Å². The van der Waals surface area contributed by atoms with Crippen molar-refractivity contribution in [3.63, 3.8) is 0 Å². The number of hydrogen-bond donors (Lipinski definition) is 2. The van der Waals surface area contributed by atoms with Gasteiger partial charge in [0.25, 0.3) is 5.91 Å². The molecule has 0 heterocycles. The molecule has 4 heteroatoms. The van der Waals surface area contributed by atoms with E-state index in [9.17, 15) is 9.90 Å². The number of phenols is 1. The molecule has 0 radical (unpaired) electrons. The smallest absolute Gasteiger partial charge is 0.286 e. The summed E-state index contributed by atoms with van der Waals surface area (Å²) < 4.78 is 5.16. The topological polar surface area (TPSA) is 58.6 Å². The summed E-state index contributed by atoms with van der Waals surface area (Å²) in [7, 11) is 1.49. The van der Waals surface area contributed by atoms with Gasteiger partial charge in [0.2, 0.25) is 0 Å². The van der Waals surface area contributed by atoms with Crippen LogP contribution in [0, 0.1) is 0 Å². The maximum Gasteiger partial charge on any atom is 0.286 e. The summed E-state index contributed by atoms with van der Waals surface area (Å²) in [4.78, 5) is 12.1. The molecule has 0 unspecified atom stereocenters. The zero-order chi connectivity index (χ0) is 16.9. The Morgan fingerprint density at radius 2 is 1.70 bits per heavy atom. The van der Waals surface area contributed by atoms with Crippen molar-refractivity contribution in [3.05, 3.63) is 35.6 Å². The third kappa shape index (κ3) is 8.29. The monoisotopic (exact) mass is 319 g/mol. The molecule has 128 valence electrons. The largest absolute Gasteiger partial charge is 0.508 e.